The zero-order valence-corrected chi connectivity index (χ0v) is 12.5. The third-order valence-electron chi connectivity index (χ3n) is 2.55. The summed E-state index contributed by atoms with van der Waals surface area (Å²) in [7, 11) is 0. The lowest BCUT2D eigenvalue weighted by molar-refractivity contribution is -0.122. The van der Waals surface area contributed by atoms with Crippen molar-refractivity contribution in [3.8, 4) is 0 Å². The molecule has 1 heterocycles. The van der Waals surface area contributed by atoms with Crippen LogP contribution in [-0.4, -0.2) is 27.7 Å². The molecule has 2 rings (SSSR count). The van der Waals surface area contributed by atoms with Crippen molar-refractivity contribution in [3.63, 3.8) is 0 Å². The molecule has 10 heteroatoms. The van der Waals surface area contributed by atoms with Crippen molar-refractivity contribution in [1.29, 1.82) is 5.41 Å². The first kappa shape index (κ1) is 16.7. The second kappa shape index (κ2) is 6.61. The van der Waals surface area contributed by atoms with Gasteiger partial charge in [0.2, 0.25) is 11.8 Å². The molecule has 1 unspecified atom stereocenters. The second-order valence-electron chi connectivity index (χ2n) is 4.22. The van der Waals surface area contributed by atoms with E-state index in [4.69, 9.17) is 5.41 Å². The van der Waals surface area contributed by atoms with Crippen LogP contribution in [0.25, 0.3) is 0 Å². The van der Waals surface area contributed by atoms with E-state index >= 15 is 0 Å². The van der Waals surface area contributed by atoms with Gasteiger partial charge in [-0.3, -0.25) is 15.0 Å². The maximum Gasteiger partial charge on any atom is 0.446 e. The SMILES string of the molecule is N=C1NC(=O)C(CC(=O)Nc2ccccc2SC(F)(F)F)S1. The molecular weight excluding hydrogens is 339 g/mol. The van der Waals surface area contributed by atoms with E-state index in [1.165, 1.54) is 24.3 Å². The molecule has 2 amide bonds. The highest BCUT2D eigenvalue weighted by Crippen LogP contribution is 2.40. The number of alkyl halides is 3. The molecule has 0 radical (unpaired) electrons. The van der Waals surface area contributed by atoms with Gasteiger partial charge in [-0.05, 0) is 23.9 Å². The summed E-state index contributed by atoms with van der Waals surface area (Å²) in [5, 5.41) is 11.1. The number of amides is 2. The van der Waals surface area contributed by atoms with E-state index in [0.29, 0.717) is 0 Å². The topological polar surface area (TPSA) is 82.1 Å². The monoisotopic (exact) mass is 349 g/mol. The molecule has 5 nitrogen and oxygen atoms in total. The molecule has 1 aromatic rings. The number of carbonyl (C=O) groups is 2. The van der Waals surface area contributed by atoms with Gasteiger partial charge in [-0.25, -0.2) is 0 Å². The van der Waals surface area contributed by atoms with Gasteiger partial charge in [0.1, 0.15) is 5.25 Å². The summed E-state index contributed by atoms with van der Waals surface area (Å²) < 4.78 is 37.4. The Kier molecular flexibility index (Phi) is 5.01. The molecule has 1 fully saturated rings. The summed E-state index contributed by atoms with van der Waals surface area (Å²) >= 11 is 0.583. The Bertz CT molecular complexity index is 622. The number of thioether (sulfide) groups is 2. The molecule has 0 aliphatic carbocycles. The summed E-state index contributed by atoms with van der Waals surface area (Å²) in [6.07, 6.45) is -0.218. The Labute approximate surface area is 131 Å². The van der Waals surface area contributed by atoms with Crippen LogP contribution in [0.5, 0.6) is 0 Å². The van der Waals surface area contributed by atoms with Crippen LogP contribution in [0.15, 0.2) is 29.2 Å². The predicted molar refractivity (Wildman–Crippen MR) is 78.8 cm³/mol. The van der Waals surface area contributed by atoms with E-state index in [-0.39, 0.29) is 33.9 Å². The van der Waals surface area contributed by atoms with Gasteiger partial charge in [0.25, 0.3) is 0 Å². The summed E-state index contributed by atoms with van der Waals surface area (Å²) in [6.45, 7) is 0. The minimum absolute atomic E-state index is 0.0355. The fourth-order valence-electron chi connectivity index (χ4n) is 1.71. The van der Waals surface area contributed by atoms with Crippen molar-refractivity contribution in [1.82, 2.24) is 5.32 Å². The number of carbonyl (C=O) groups excluding carboxylic acids is 2. The van der Waals surface area contributed by atoms with Crippen LogP contribution >= 0.6 is 23.5 Å². The number of rotatable bonds is 4. The number of para-hydroxylation sites is 1. The van der Waals surface area contributed by atoms with E-state index in [2.05, 4.69) is 10.6 Å². The highest BCUT2D eigenvalue weighted by Gasteiger charge is 2.32. The summed E-state index contributed by atoms with van der Waals surface area (Å²) in [5.41, 5.74) is -4.43. The Morgan fingerprint density at radius 3 is 2.68 bits per heavy atom. The number of halogens is 3. The highest BCUT2D eigenvalue weighted by molar-refractivity contribution is 8.15. The van der Waals surface area contributed by atoms with Crippen LogP contribution in [-0.2, 0) is 9.59 Å². The maximum atomic E-state index is 12.5. The normalized spacial score (nSPS) is 18.2. The van der Waals surface area contributed by atoms with Crippen LogP contribution in [0.2, 0.25) is 0 Å². The molecule has 1 aromatic carbocycles. The lowest BCUT2D eigenvalue weighted by atomic mass is 10.2. The van der Waals surface area contributed by atoms with E-state index in [1.54, 1.807) is 0 Å². The standard InChI is InChI=1S/C12H10F3N3O2S2/c13-12(14,15)22-7-4-2-1-3-6(7)17-9(19)5-8-10(20)18-11(16)21-8/h1-4,8H,5H2,(H,17,19)(H2,16,18,20). The van der Waals surface area contributed by atoms with Crippen molar-refractivity contribution in [2.24, 2.45) is 0 Å². The van der Waals surface area contributed by atoms with Gasteiger partial charge >= 0.3 is 5.51 Å². The Hall–Kier alpha value is -1.68. The van der Waals surface area contributed by atoms with Crippen LogP contribution in [0.3, 0.4) is 0 Å². The van der Waals surface area contributed by atoms with Crippen molar-refractivity contribution in [3.05, 3.63) is 24.3 Å². The van der Waals surface area contributed by atoms with E-state index in [1.807, 2.05) is 0 Å². The lowest BCUT2D eigenvalue weighted by Gasteiger charge is -2.12. The van der Waals surface area contributed by atoms with E-state index in [9.17, 15) is 22.8 Å². The Morgan fingerprint density at radius 1 is 1.41 bits per heavy atom. The van der Waals surface area contributed by atoms with Crippen molar-refractivity contribution in [2.75, 3.05) is 5.32 Å². The first-order valence-electron chi connectivity index (χ1n) is 5.95. The molecular formula is C12H10F3N3O2S2. The fraction of sp³-hybridized carbons (Fsp3) is 0.250. The average Bonchev–Trinajstić information content (AvgIpc) is 2.68. The Morgan fingerprint density at radius 2 is 2.09 bits per heavy atom. The minimum atomic E-state index is -4.46. The molecule has 1 atom stereocenters. The molecule has 1 aliphatic rings. The maximum absolute atomic E-state index is 12.5. The van der Waals surface area contributed by atoms with Gasteiger partial charge in [0, 0.05) is 11.3 Å². The van der Waals surface area contributed by atoms with Crippen LogP contribution < -0.4 is 10.6 Å². The van der Waals surface area contributed by atoms with Gasteiger partial charge in [-0.15, -0.1) is 0 Å². The molecule has 0 aromatic heterocycles. The van der Waals surface area contributed by atoms with Crippen LogP contribution in [0.4, 0.5) is 18.9 Å². The first-order chi connectivity index (χ1) is 10.2. The number of hydrogen-bond donors (Lipinski definition) is 3. The van der Waals surface area contributed by atoms with Gasteiger partial charge in [0.15, 0.2) is 5.17 Å². The number of hydrogen-bond acceptors (Lipinski definition) is 5. The second-order valence-corrected chi connectivity index (χ2v) is 6.54. The van der Waals surface area contributed by atoms with Gasteiger partial charge in [-0.1, -0.05) is 23.9 Å². The average molecular weight is 349 g/mol. The predicted octanol–water partition coefficient (Wildman–Crippen LogP) is 2.79. The smallest absolute Gasteiger partial charge is 0.325 e. The first-order valence-corrected chi connectivity index (χ1v) is 7.65. The lowest BCUT2D eigenvalue weighted by Crippen LogP contribution is -2.27. The number of benzene rings is 1. The molecule has 0 bridgehead atoms. The Balaban J connectivity index is 2.03. The number of nitrogens with one attached hydrogen (secondary N) is 3. The number of amidine groups is 1. The third kappa shape index (κ3) is 4.67. The summed E-state index contributed by atoms with van der Waals surface area (Å²) in [6, 6.07) is 5.55. The fourth-order valence-corrected chi connectivity index (χ4v) is 3.17. The minimum Gasteiger partial charge on any atom is -0.325 e. The molecule has 3 N–H and O–H groups in total. The van der Waals surface area contributed by atoms with Crippen molar-refractivity contribution >= 4 is 46.2 Å². The summed E-state index contributed by atoms with van der Waals surface area (Å²) in [4.78, 5) is 23.2. The van der Waals surface area contributed by atoms with Gasteiger partial charge in [-0.2, -0.15) is 13.2 Å². The molecule has 0 spiro atoms. The third-order valence-corrected chi connectivity index (χ3v) is 4.36. The quantitative estimate of drug-likeness (QED) is 0.730. The van der Waals surface area contributed by atoms with Crippen LogP contribution in [0, 0.1) is 5.41 Å². The largest absolute Gasteiger partial charge is 0.446 e. The van der Waals surface area contributed by atoms with E-state index in [0.717, 1.165) is 11.8 Å². The number of anilines is 1. The zero-order valence-electron chi connectivity index (χ0n) is 10.9. The molecule has 118 valence electrons. The van der Waals surface area contributed by atoms with Crippen molar-refractivity contribution < 1.29 is 22.8 Å². The van der Waals surface area contributed by atoms with E-state index < -0.39 is 22.6 Å². The van der Waals surface area contributed by atoms with Crippen molar-refractivity contribution in [2.45, 2.75) is 22.1 Å². The molecule has 1 aliphatic heterocycles. The van der Waals surface area contributed by atoms with Gasteiger partial charge < -0.3 is 10.6 Å². The highest BCUT2D eigenvalue weighted by atomic mass is 32.2. The molecule has 22 heavy (non-hydrogen) atoms. The summed E-state index contributed by atoms with van der Waals surface area (Å²) in [5.74, 6) is -1.04. The molecule has 1 saturated heterocycles. The molecule has 0 saturated carbocycles. The zero-order chi connectivity index (χ0) is 16.3. The van der Waals surface area contributed by atoms with Crippen LogP contribution in [0.1, 0.15) is 6.42 Å². The van der Waals surface area contributed by atoms with Gasteiger partial charge in [0.05, 0.1) is 5.69 Å².